The van der Waals surface area contributed by atoms with E-state index in [1.165, 1.54) is 0 Å². The van der Waals surface area contributed by atoms with Crippen molar-refractivity contribution in [1.29, 1.82) is 0 Å². The Labute approximate surface area is 98.4 Å². The Morgan fingerprint density at radius 1 is 1.38 bits per heavy atom. The Morgan fingerprint density at radius 2 is 2.19 bits per heavy atom. The minimum absolute atomic E-state index is 0.477. The molecule has 2 N–H and O–H groups in total. The minimum Gasteiger partial charge on any atom is -0.421 e. The van der Waals surface area contributed by atoms with E-state index < -0.39 is 0 Å². The lowest BCUT2D eigenvalue weighted by atomic mass is 10.1. The zero-order valence-corrected chi connectivity index (χ0v) is 9.66. The molecule has 0 saturated heterocycles. The second-order valence-corrected chi connectivity index (χ2v) is 3.91. The Kier molecular flexibility index (Phi) is 3.22. The topological polar surface area (TPSA) is 64.9 Å². The molecule has 0 saturated carbocycles. The smallest absolute Gasteiger partial charge is 0.247 e. The quantitative estimate of drug-likeness (QED) is 0.889. The molecule has 0 aliphatic rings. The second kappa shape index (κ2) is 4.63. The number of aryl methyl sites for hydroxylation is 1. The molecule has 0 radical (unpaired) electrons. The van der Waals surface area contributed by atoms with Gasteiger partial charge in [-0.2, -0.15) is 0 Å². The fourth-order valence-corrected chi connectivity index (χ4v) is 1.50. The van der Waals surface area contributed by atoms with Gasteiger partial charge in [0.1, 0.15) is 0 Å². The highest BCUT2D eigenvalue weighted by Crippen LogP contribution is 2.24. The fourth-order valence-electron chi connectivity index (χ4n) is 1.32. The van der Waals surface area contributed by atoms with E-state index in [9.17, 15) is 0 Å². The lowest BCUT2D eigenvalue weighted by Gasteiger charge is -1.99. The monoisotopic (exact) mass is 237 g/mol. The van der Waals surface area contributed by atoms with Crippen molar-refractivity contribution in [3.8, 4) is 11.5 Å². The summed E-state index contributed by atoms with van der Waals surface area (Å²) in [4.78, 5) is 0. The lowest BCUT2D eigenvalue weighted by molar-refractivity contribution is 0.507. The molecule has 0 aliphatic heterocycles. The maximum absolute atomic E-state index is 6.02. The normalized spacial score (nSPS) is 10.7. The van der Waals surface area contributed by atoms with Gasteiger partial charge >= 0.3 is 0 Å². The Hall–Kier alpha value is -1.39. The number of hydrogen-bond donors (Lipinski definition) is 1. The first-order chi connectivity index (χ1) is 7.70. The highest BCUT2D eigenvalue weighted by Gasteiger charge is 2.08. The van der Waals surface area contributed by atoms with E-state index in [0.717, 1.165) is 11.1 Å². The minimum atomic E-state index is 0.477. The van der Waals surface area contributed by atoms with Crippen molar-refractivity contribution in [3.63, 3.8) is 0 Å². The summed E-state index contributed by atoms with van der Waals surface area (Å²) in [5, 5.41) is 8.53. The van der Waals surface area contributed by atoms with Gasteiger partial charge in [-0.15, -0.1) is 10.2 Å². The van der Waals surface area contributed by atoms with Crippen molar-refractivity contribution in [3.05, 3.63) is 34.7 Å². The second-order valence-electron chi connectivity index (χ2n) is 3.50. The molecule has 4 nitrogen and oxygen atoms in total. The van der Waals surface area contributed by atoms with E-state index in [1.807, 2.05) is 25.1 Å². The molecule has 0 unspecified atom stereocenters. The van der Waals surface area contributed by atoms with Crippen molar-refractivity contribution >= 4 is 11.6 Å². The number of nitrogens with two attached hydrogens (primary N) is 1. The van der Waals surface area contributed by atoms with E-state index in [4.69, 9.17) is 21.8 Å². The molecule has 2 aromatic rings. The molecule has 1 aromatic carbocycles. The summed E-state index contributed by atoms with van der Waals surface area (Å²) in [7, 11) is 0. The Bertz CT molecular complexity index is 496. The summed E-state index contributed by atoms with van der Waals surface area (Å²) in [6, 6.07) is 5.64. The molecule has 0 fully saturated rings. The maximum atomic E-state index is 6.02. The summed E-state index contributed by atoms with van der Waals surface area (Å²) in [5.74, 6) is 1.03. The SMILES string of the molecule is Cc1ccc(-c2nnc(CCN)o2)cc1Cl. The van der Waals surface area contributed by atoms with Gasteiger partial charge in [-0.3, -0.25) is 0 Å². The van der Waals surface area contributed by atoms with Crippen molar-refractivity contribution in [2.24, 2.45) is 5.73 Å². The molecule has 5 heteroatoms. The van der Waals surface area contributed by atoms with Crippen LogP contribution in [0, 0.1) is 6.92 Å². The molecule has 2 rings (SSSR count). The standard InChI is InChI=1S/C11H12ClN3O/c1-7-2-3-8(6-9(7)12)11-15-14-10(16-11)4-5-13/h2-3,6H,4-5,13H2,1H3. The van der Waals surface area contributed by atoms with Crippen LogP contribution in [0.1, 0.15) is 11.5 Å². The first-order valence-corrected chi connectivity index (χ1v) is 5.37. The summed E-state index contributed by atoms with van der Waals surface area (Å²) >= 11 is 6.02. The average Bonchev–Trinajstić information content (AvgIpc) is 2.71. The third-order valence-electron chi connectivity index (χ3n) is 2.24. The number of nitrogens with zero attached hydrogens (tertiary/aromatic N) is 2. The zero-order valence-electron chi connectivity index (χ0n) is 8.90. The van der Waals surface area contributed by atoms with E-state index in [-0.39, 0.29) is 0 Å². The summed E-state index contributed by atoms with van der Waals surface area (Å²) in [5.41, 5.74) is 7.25. The molecule has 0 spiro atoms. The molecular weight excluding hydrogens is 226 g/mol. The van der Waals surface area contributed by atoms with Crippen LogP contribution in [0.5, 0.6) is 0 Å². The van der Waals surface area contributed by atoms with E-state index in [1.54, 1.807) is 0 Å². The summed E-state index contributed by atoms with van der Waals surface area (Å²) < 4.78 is 5.44. The van der Waals surface area contributed by atoms with Crippen LogP contribution < -0.4 is 5.73 Å². The first-order valence-electron chi connectivity index (χ1n) is 4.99. The van der Waals surface area contributed by atoms with Gasteiger partial charge in [-0.05, 0) is 24.6 Å². The van der Waals surface area contributed by atoms with Gasteiger partial charge < -0.3 is 10.2 Å². The number of rotatable bonds is 3. The number of hydrogen-bond acceptors (Lipinski definition) is 4. The maximum Gasteiger partial charge on any atom is 0.247 e. The molecule has 0 atom stereocenters. The molecule has 1 aromatic heterocycles. The van der Waals surface area contributed by atoms with Crippen molar-refractivity contribution in [2.45, 2.75) is 13.3 Å². The molecule has 0 aliphatic carbocycles. The number of aromatic nitrogens is 2. The number of benzene rings is 1. The van der Waals surface area contributed by atoms with Crippen LogP contribution in [-0.4, -0.2) is 16.7 Å². The van der Waals surface area contributed by atoms with Gasteiger partial charge in [0.15, 0.2) is 0 Å². The van der Waals surface area contributed by atoms with Gasteiger partial charge in [0.2, 0.25) is 11.8 Å². The zero-order chi connectivity index (χ0) is 11.5. The van der Waals surface area contributed by atoms with Crippen LogP contribution in [0.25, 0.3) is 11.5 Å². The van der Waals surface area contributed by atoms with E-state index in [2.05, 4.69) is 10.2 Å². The average molecular weight is 238 g/mol. The van der Waals surface area contributed by atoms with E-state index >= 15 is 0 Å². The lowest BCUT2D eigenvalue weighted by Crippen LogP contribution is -2.02. The van der Waals surface area contributed by atoms with Crippen LogP contribution >= 0.6 is 11.6 Å². The molecule has 0 amide bonds. The van der Waals surface area contributed by atoms with Gasteiger partial charge in [0, 0.05) is 23.6 Å². The van der Waals surface area contributed by atoms with Crippen LogP contribution in [0.3, 0.4) is 0 Å². The highest BCUT2D eigenvalue weighted by molar-refractivity contribution is 6.31. The third-order valence-corrected chi connectivity index (χ3v) is 2.65. The fraction of sp³-hybridized carbons (Fsp3) is 0.273. The Balaban J connectivity index is 2.31. The summed E-state index contributed by atoms with van der Waals surface area (Å²) in [6.07, 6.45) is 0.590. The van der Waals surface area contributed by atoms with Gasteiger partial charge in [0.25, 0.3) is 0 Å². The van der Waals surface area contributed by atoms with Gasteiger partial charge in [-0.25, -0.2) is 0 Å². The molecule has 0 bridgehead atoms. The van der Waals surface area contributed by atoms with Crippen molar-refractivity contribution in [1.82, 2.24) is 10.2 Å². The number of halogens is 1. The van der Waals surface area contributed by atoms with Crippen LogP contribution in [-0.2, 0) is 6.42 Å². The predicted molar refractivity (Wildman–Crippen MR) is 62.2 cm³/mol. The van der Waals surface area contributed by atoms with Crippen LogP contribution in [0.4, 0.5) is 0 Å². The third kappa shape index (κ3) is 2.23. The predicted octanol–water partition coefficient (Wildman–Crippen LogP) is 2.20. The van der Waals surface area contributed by atoms with Crippen LogP contribution in [0.2, 0.25) is 5.02 Å². The largest absolute Gasteiger partial charge is 0.421 e. The molecule has 1 heterocycles. The highest BCUT2D eigenvalue weighted by atomic mass is 35.5. The Morgan fingerprint density at radius 3 is 2.88 bits per heavy atom. The van der Waals surface area contributed by atoms with Gasteiger partial charge in [-0.1, -0.05) is 17.7 Å². The summed E-state index contributed by atoms with van der Waals surface area (Å²) in [6.45, 7) is 2.44. The molecule has 84 valence electrons. The molecule has 16 heavy (non-hydrogen) atoms. The van der Waals surface area contributed by atoms with E-state index in [0.29, 0.717) is 29.8 Å². The first kappa shape index (κ1) is 11.1. The van der Waals surface area contributed by atoms with Crippen LogP contribution in [0.15, 0.2) is 22.6 Å². The molecular formula is C11H12ClN3O. The van der Waals surface area contributed by atoms with Crippen molar-refractivity contribution < 1.29 is 4.42 Å². The van der Waals surface area contributed by atoms with Crippen molar-refractivity contribution in [2.75, 3.05) is 6.54 Å². The van der Waals surface area contributed by atoms with Gasteiger partial charge in [0.05, 0.1) is 0 Å².